The summed E-state index contributed by atoms with van der Waals surface area (Å²) in [6, 6.07) is 3.66. The van der Waals surface area contributed by atoms with Crippen LogP contribution in [0.25, 0.3) is 0 Å². The molecular formula is C12H11BrClNO3. The number of hydrogen-bond donors (Lipinski definition) is 2. The lowest BCUT2D eigenvalue weighted by Gasteiger charge is -2.13. The number of rotatable bonds is 5. The summed E-state index contributed by atoms with van der Waals surface area (Å²) in [5, 5.41) is 11.8. The van der Waals surface area contributed by atoms with Crippen molar-refractivity contribution in [1.29, 1.82) is 0 Å². The first kappa shape index (κ1) is 14.7. The van der Waals surface area contributed by atoms with Crippen molar-refractivity contribution >= 4 is 39.4 Å². The van der Waals surface area contributed by atoms with Crippen molar-refractivity contribution in [2.24, 2.45) is 0 Å². The first-order valence-corrected chi connectivity index (χ1v) is 6.22. The van der Waals surface area contributed by atoms with Crippen LogP contribution < -0.4 is 5.32 Å². The van der Waals surface area contributed by atoms with Gasteiger partial charge >= 0.3 is 5.97 Å². The smallest absolute Gasteiger partial charge is 0.326 e. The average molecular weight is 333 g/mol. The van der Waals surface area contributed by atoms with Crippen LogP contribution in [0.1, 0.15) is 16.8 Å². The third-order valence-corrected chi connectivity index (χ3v) is 3.07. The first-order chi connectivity index (χ1) is 8.45. The highest BCUT2D eigenvalue weighted by Gasteiger charge is 2.20. The van der Waals surface area contributed by atoms with Gasteiger partial charge in [0.15, 0.2) is 0 Å². The van der Waals surface area contributed by atoms with Crippen LogP contribution >= 0.6 is 27.5 Å². The predicted octanol–water partition coefficient (Wildman–Crippen LogP) is 2.86. The van der Waals surface area contributed by atoms with Gasteiger partial charge in [0, 0.05) is 9.50 Å². The third kappa shape index (κ3) is 3.85. The molecule has 1 atom stereocenters. The molecule has 0 aliphatic heterocycles. The fraction of sp³-hybridized carbons (Fsp3) is 0.167. The van der Waals surface area contributed by atoms with Gasteiger partial charge in [0.1, 0.15) is 6.04 Å². The maximum absolute atomic E-state index is 11.9. The number of halogens is 2. The predicted molar refractivity (Wildman–Crippen MR) is 72.9 cm³/mol. The molecule has 0 aromatic heterocycles. The van der Waals surface area contributed by atoms with E-state index in [9.17, 15) is 9.59 Å². The molecule has 0 fully saturated rings. The highest BCUT2D eigenvalue weighted by atomic mass is 79.9. The van der Waals surface area contributed by atoms with Crippen LogP contribution in [0.5, 0.6) is 0 Å². The monoisotopic (exact) mass is 331 g/mol. The minimum absolute atomic E-state index is 0.159. The number of carboxylic acid groups (broad SMARTS) is 1. The van der Waals surface area contributed by atoms with Crippen LogP contribution in [0.15, 0.2) is 35.3 Å². The molecular weight excluding hydrogens is 321 g/mol. The van der Waals surface area contributed by atoms with Gasteiger partial charge in [-0.1, -0.05) is 17.7 Å². The highest BCUT2D eigenvalue weighted by Crippen LogP contribution is 2.21. The summed E-state index contributed by atoms with van der Waals surface area (Å²) in [4.78, 5) is 22.8. The number of carboxylic acids is 1. The van der Waals surface area contributed by atoms with E-state index in [-0.39, 0.29) is 6.42 Å². The lowest BCUT2D eigenvalue weighted by molar-refractivity contribution is -0.139. The number of benzene rings is 1. The van der Waals surface area contributed by atoms with Crippen LogP contribution in [0.3, 0.4) is 0 Å². The Morgan fingerprint density at radius 1 is 1.56 bits per heavy atom. The molecule has 1 aromatic carbocycles. The van der Waals surface area contributed by atoms with Gasteiger partial charge in [0.2, 0.25) is 0 Å². The number of carbonyl (C=O) groups excluding carboxylic acids is 1. The number of carbonyl (C=O) groups is 2. The van der Waals surface area contributed by atoms with Crippen LogP contribution in [0, 0.1) is 0 Å². The minimum atomic E-state index is -1.10. The average Bonchev–Trinajstić information content (AvgIpc) is 2.27. The van der Waals surface area contributed by atoms with E-state index in [0.29, 0.717) is 15.1 Å². The van der Waals surface area contributed by atoms with Crippen molar-refractivity contribution in [3.63, 3.8) is 0 Å². The second kappa shape index (κ2) is 6.56. The van der Waals surface area contributed by atoms with Gasteiger partial charge in [0.05, 0.1) is 5.56 Å². The Labute approximate surface area is 118 Å². The molecule has 1 amide bonds. The molecule has 1 rings (SSSR count). The van der Waals surface area contributed by atoms with E-state index >= 15 is 0 Å². The van der Waals surface area contributed by atoms with E-state index in [0.717, 1.165) is 0 Å². The Morgan fingerprint density at radius 3 is 2.72 bits per heavy atom. The molecule has 1 unspecified atom stereocenters. The Balaban J connectivity index is 2.86. The summed E-state index contributed by atoms with van der Waals surface area (Å²) in [5.74, 6) is -1.58. The van der Waals surface area contributed by atoms with Crippen molar-refractivity contribution in [3.8, 4) is 0 Å². The molecule has 0 saturated heterocycles. The maximum atomic E-state index is 11.9. The second-order valence-electron chi connectivity index (χ2n) is 3.51. The van der Waals surface area contributed by atoms with E-state index < -0.39 is 17.9 Å². The summed E-state index contributed by atoms with van der Waals surface area (Å²) in [5.41, 5.74) is 0.328. The zero-order valence-corrected chi connectivity index (χ0v) is 11.7. The molecule has 4 nitrogen and oxygen atoms in total. The fourth-order valence-electron chi connectivity index (χ4n) is 1.30. The minimum Gasteiger partial charge on any atom is -0.480 e. The van der Waals surface area contributed by atoms with Crippen molar-refractivity contribution in [2.45, 2.75) is 12.5 Å². The van der Waals surface area contributed by atoms with Crippen molar-refractivity contribution in [3.05, 3.63) is 45.9 Å². The Hall–Kier alpha value is -1.33. The topological polar surface area (TPSA) is 66.4 Å². The Kier molecular flexibility index (Phi) is 5.37. The van der Waals surface area contributed by atoms with Gasteiger partial charge < -0.3 is 10.4 Å². The lowest BCUT2D eigenvalue weighted by atomic mass is 10.1. The maximum Gasteiger partial charge on any atom is 0.326 e. The number of amides is 1. The van der Waals surface area contributed by atoms with Crippen LogP contribution in [0.4, 0.5) is 0 Å². The highest BCUT2D eigenvalue weighted by molar-refractivity contribution is 9.10. The molecule has 0 radical (unpaired) electrons. The lowest BCUT2D eigenvalue weighted by Crippen LogP contribution is -2.40. The summed E-state index contributed by atoms with van der Waals surface area (Å²) in [6.45, 7) is 3.45. The normalized spacial score (nSPS) is 11.7. The SMILES string of the molecule is C=CCC(NC(=O)c1ccc(Cl)cc1Br)C(=O)O. The van der Waals surface area contributed by atoms with Gasteiger partial charge in [-0.3, -0.25) is 4.79 Å². The van der Waals surface area contributed by atoms with Crippen molar-refractivity contribution in [1.82, 2.24) is 5.32 Å². The largest absolute Gasteiger partial charge is 0.480 e. The fourth-order valence-corrected chi connectivity index (χ4v) is 2.16. The van der Waals surface area contributed by atoms with E-state index in [1.54, 1.807) is 12.1 Å². The zero-order valence-electron chi connectivity index (χ0n) is 9.32. The van der Waals surface area contributed by atoms with E-state index in [4.69, 9.17) is 16.7 Å². The molecule has 0 aliphatic carbocycles. The zero-order chi connectivity index (χ0) is 13.7. The second-order valence-corrected chi connectivity index (χ2v) is 4.80. The summed E-state index contributed by atoms with van der Waals surface area (Å²) >= 11 is 8.96. The number of hydrogen-bond acceptors (Lipinski definition) is 2. The number of nitrogens with one attached hydrogen (secondary N) is 1. The van der Waals surface area contributed by atoms with E-state index in [2.05, 4.69) is 27.8 Å². The molecule has 0 aliphatic rings. The summed E-state index contributed by atoms with van der Waals surface area (Å²) in [7, 11) is 0. The molecule has 2 N–H and O–H groups in total. The summed E-state index contributed by atoms with van der Waals surface area (Å²) in [6.07, 6.45) is 1.60. The van der Waals surface area contributed by atoms with E-state index in [1.807, 2.05) is 0 Å². The van der Waals surface area contributed by atoms with E-state index in [1.165, 1.54) is 12.1 Å². The Morgan fingerprint density at radius 2 is 2.22 bits per heavy atom. The quantitative estimate of drug-likeness (QED) is 0.815. The molecule has 6 heteroatoms. The van der Waals surface area contributed by atoms with Crippen molar-refractivity contribution in [2.75, 3.05) is 0 Å². The standard InChI is InChI=1S/C12H11BrClNO3/c1-2-3-10(12(17)18)15-11(16)8-5-4-7(14)6-9(8)13/h2,4-6,10H,1,3H2,(H,15,16)(H,17,18). The number of aliphatic carboxylic acids is 1. The van der Waals surface area contributed by atoms with Crippen molar-refractivity contribution < 1.29 is 14.7 Å². The van der Waals surface area contributed by atoms with Gasteiger partial charge in [-0.25, -0.2) is 4.79 Å². The molecule has 1 aromatic rings. The van der Waals surface area contributed by atoms with Crippen LogP contribution in [-0.4, -0.2) is 23.0 Å². The summed E-state index contributed by atoms with van der Waals surface area (Å²) < 4.78 is 0.509. The Bertz CT molecular complexity index is 490. The first-order valence-electron chi connectivity index (χ1n) is 5.05. The molecule has 96 valence electrons. The third-order valence-electron chi connectivity index (χ3n) is 2.18. The van der Waals surface area contributed by atoms with Crippen LogP contribution in [-0.2, 0) is 4.79 Å². The molecule has 0 bridgehead atoms. The molecule has 0 saturated carbocycles. The van der Waals surface area contributed by atoms with Crippen LogP contribution in [0.2, 0.25) is 5.02 Å². The molecule has 18 heavy (non-hydrogen) atoms. The van der Waals surface area contributed by atoms with Gasteiger partial charge in [-0.2, -0.15) is 0 Å². The molecule has 0 spiro atoms. The van der Waals surface area contributed by atoms with Gasteiger partial charge in [0.25, 0.3) is 5.91 Å². The molecule has 0 heterocycles. The van der Waals surface area contributed by atoms with Gasteiger partial charge in [-0.05, 0) is 40.5 Å². The van der Waals surface area contributed by atoms with Gasteiger partial charge in [-0.15, -0.1) is 6.58 Å².